The zero-order chi connectivity index (χ0) is 26.0. The number of phenols is 1. The van der Waals surface area contributed by atoms with E-state index in [0.29, 0.717) is 59.0 Å². The number of nitrogens with one attached hydrogen (secondary N) is 1. The number of dihydropyridines is 1. The average Bonchev–Trinajstić information content (AvgIpc) is 2.84. The predicted molar refractivity (Wildman–Crippen MR) is 139 cm³/mol. The van der Waals surface area contributed by atoms with Crippen LogP contribution in [0.1, 0.15) is 69.9 Å². The number of carbonyl (C=O) groups is 2. The van der Waals surface area contributed by atoms with E-state index in [1.54, 1.807) is 18.2 Å². The van der Waals surface area contributed by atoms with Gasteiger partial charge >= 0.3 is 5.97 Å². The van der Waals surface area contributed by atoms with Gasteiger partial charge in [0.15, 0.2) is 17.3 Å². The minimum absolute atomic E-state index is 0.00175. The molecule has 2 N–H and O–H groups in total. The van der Waals surface area contributed by atoms with Crippen molar-refractivity contribution in [2.45, 2.75) is 64.9 Å². The highest BCUT2D eigenvalue weighted by molar-refractivity contribution is 6.30. The number of rotatable bonds is 7. The second-order valence-corrected chi connectivity index (χ2v) is 9.79. The maximum absolute atomic E-state index is 13.7. The summed E-state index contributed by atoms with van der Waals surface area (Å²) >= 11 is 6.07. The lowest BCUT2D eigenvalue weighted by Gasteiger charge is -2.37. The monoisotopic (exact) mass is 509 g/mol. The molecule has 0 saturated heterocycles. The summed E-state index contributed by atoms with van der Waals surface area (Å²) in [4.78, 5) is 27.1. The van der Waals surface area contributed by atoms with Gasteiger partial charge in [0.1, 0.15) is 0 Å². The van der Waals surface area contributed by atoms with Crippen molar-refractivity contribution < 1.29 is 24.2 Å². The quantitative estimate of drug-likeness (QED) is 0.435. The summed E-state index contributed by atoms with van der Waals surface area (Å²) in [6.07, 6.45) is 1.37. The fourth-order valence-corrected chi connectivity index (χ4v) is 5.05. The minimum Gasteiger partial charge on any atom is -0.504 e. The summed E-state index contributed by atoms with van der Waals surface area (Å²) in [5.74, 6) is -0.792. The van der Waals surface area contributed by atoms with Crippen LogP contribution in [0.3, 0.4) is 0 Å². The highest BCUT2D eigenvalue weighted by Crippen LogP contribution is 2.47. The van der Waals surface area contributed by atoms with Crippen molar-refractivity contribution in [2.24, 2.45) is 0 Å². The summed E-state index contributed by atoms with van der Waals surface area (Å²) in [5, 5.41) is 14.3. The maximum atomic E-state index is 13.7. The maximum Gasteiger partial charge on any atom is 0.337 e. The van der Waals surface area contributed by atoms with Crippen LogP contribution in [-0.2, 0) is 14.3 Å². The summed E-state index contributed by atoms with van der Waals surface area (Å²) in [6, 6.07) is 12.6. The third-order valence-corrected chi connectivity index (χ3v) is 7.14. The van der Waals surface area contributed by atoms with Crippen molar-refractivity contribution >= 4 is 23.4 Å². The normalized spacial score (nSPS) is 20.5. The molecule has 0 saturated carbocycles. The van der Waals surface area contributed by atoms with E-state index in [-0.39, 0.29) is 23.6 Å². The van der Waals surface area contributed by atoms with Gasteiger partial charge in [0.05, 0.1) is 18.3 Å². The zero-order valence-electron chi connectivity index (χ0n) is 21.1. The van der Waals surface area contributed by atoms with Gasteiger partial charge in [-0.1, -0.05) is 36.7 Å². The van der Waals surface area contributed by atoms with Gasteiger partial charge in [0.25, 0.3) is 0 Å². The van der Waals surface area contributed by atoms with Gasteiger partial charge in [-0.15, -0.1) is 0 Å². The highest BCUT2D eigenvalue weighted by atomic mass is 35.5. The van der Waals surface area contributed by atoms with E-state index in [9.17, 15) is 14.7 Å². The molecule has 0 fully saturated rings. The molecule has 0 bridgehead atoms. The van der Waals surface area contributed by atoms with E-state index in [2.05, 4.69) is 5.32 Å². The lowest BCUT2D eigenvalue weighted by atomic mass is 9.71. The molecule has 2 aliphatic rings. The fourth-order valence-electron chi connectivity index (χ4n) is 4.92. The smallest absolute Gasteiger partial charge is 0.337 e. The summed E-state index contributed by atoms with van der Waals surface area (Å²) < 4.78 is 11.3. The molecule has 1 aliphatic carbocycles. The van der Waals surface area contributed by atoms with Crippen LogP contribution in [-0.4, -0.2) is 29.6 Å². The van der Waals surface area contributed by atoms with E-state index >= 15 is 0 Å². The molecular weight excluding hydrogens is 478 g/mol. The Bertz CT molecular complexity index is 1230. The Kier molecular flexibility index (Phi) is 7.74. The number of benzene rings is 2. The summed E-state index contributed by atoms with van der Waals surface area (Å²) in [7, 11) is 0. The van der Waals surface area contributed by atoms with Crippen LogP contribution in [0.25, 0.3) is 0 Å². The molecule has 2 aromatic rings. The first kappa shape index (κ1) is 25.8. The minimum atomic E-state index is -0.628. The van der Waals surface area contributed by atoms with Crippen molar-refractivity contribution in [2.75, 3.05) is 6.61 Å². The third kappa shape index (κ3) is 5.14. The number of hydrogen-bond donors (Lipinski definition) is 2. The molecular formula is C29H32ClNO5. The predicted octanol–water partition coefficient (Wildman–Crippen LogP) is 6.15. The molecule has 1 heterocycles. The van der Waals surface area contributed by atoms with E-state index in [1.165, 1.54) is 0 Å². The van der Waals surface area contributed by atoms with Gasteiger partial charge in [-0.2, -0.15) is 0 Å². The first-order valence-corrected chi connectivity index (χ1v) is 12.8. The van der Waals surface area contributed by atoms with Gasteiger partial charge < -0.3 is 19.9 Å². The van der Waals surface area contributed by atoms with Crippen LogP contribution in [0.5, 0.6) is 11.5 Å². The van der Waals surface area contributed by atoms with Crippen molar-refractivity contribution in [3.05, 3.63) is 81.2 Å². The van der Waals surface area contributed by atoms with Crippen LogP contribution in [0.2, 0.25) is 5.02 Å². The van der Waals surface area contributed by atoms with Crippen LogP contribution in [0.4, 0.5) is 0 Å². The number of ether oxygens (including phenoxy) is 2. The van der Waals surface area contributed by atoms with Gasteiger partial charge in [-0.3, -0.25) is 4.79 Å². The molecule has 6 nitrogen and oxygen atoms in total. The van der Waals surface area contributed by atoms with Gasteiger partial charge in [-0.05, 0) is 74.9 Å². The number of halogens is 1. The van der Waals surface area contributed by atoms with Gasteiger partial charge in [-0.25, -0.2) is 4.79 Å². The molecule has 0 amide bonds. The first-order chi connectivity index (χ1) is 17.2. The molecule has 0 radical (unpaired) electrons. The van der Waals surface area contributed by atoms with Crippen LogP contribution >= 0.6 is 11.6 Å². The molecule has 4 rings (SSSR count). The van der Waals surface area contributed by atoms with E-state index in [1.807, 2.05) is 52.0 Å². The number of ketones is 1. The van der Waals surface area contributed by atoms with Crippen LogP contribution in [0.15, 0.2) is 65.0 Å². The number of phenolic OH excluding ortho intramolecular Hbond substituents is 1. The molecule has 0 spiro atoms. The SMILES string of the molecule is CCOc1cc([C@H]2C(C(=O)O[C@@H](C)CC)=C(C)NC3=C2C(=O)C[C@H](c2ccc(Cl)cc2)C3)ccc1O. The number of carbonyl (C=O) groups excluding carboxylic acids is 2. The molecule has 1 aliphatic heterocycles. The van der Waals surface area contributed by atoms with Crippen molar-refractivity contribution in [3.8, 4) is 11.5 Å². The first-order valence-electron chi connectivity index (χ1n) is 12.4. The number of Topliss-reactive ketones (excluding diaryl/α,β-unsaturated/α-hetero) is 1. The summed E-state index contributed by atoms with van der Waals surface area (Å²) in [5.41, 5.74) is 4.17. The van der Waals surface area contributed by atoms with Crippen LogP contribution < -0.4 is 10.1 Å². The Morgan fingerprint density at radius 3 is 2.50 bits per heavy atom. The molecule has 190 valence electrons. The topological polar surface area (TPSA) is 84.9 Å². The molecule has 0 unspecified atom stereocenters. The van der Waals surface area contributed by atoms with Crippen LogP contribution in [0, 0.1) is 0 Å². The number of allylic oxidation sites excluding steroid dienone is 3. The zero-order valence-corrected chi connectivity index (χ0v) is 21.8. The Morgan fingerprint density at radius 1 is 1.14 bits per heavy atom. The van der Waals surface area contributed by atoms with Crippen molar-refractivity contribution in [3.63, 3.8) is 0 Å². The molecule has 36 heavy (non-hydrogen) atoms. The molecule has 0 aromatic heterocycles. The molecule has 3 atom stereocenters. The Labute approximate surface area is 216 Å². The largest absolute Gasteiger partial charge is 0.504 e. The number of hydrogen-bond acceptors (Lipinski definition) is 6. The second kappa shape index (κ2) is 10.8. The Hall–Kier alpha value is -3.25. The Balaban J connectivity index is 1.81. The van der Waals surface area contributed by atoms with Crippen molar-refractivity contribution in [1.29, 1.82) is 0 Å². The standard InChI is InChI=1S/C29H32ClNO5/c1-5-16(3)36-29(34)26-17(4)31-22-13-20(18-7-10-21(30)11-8-18)14-24(33)28(22)27(26)19-9-12-23(32)25(15-19)35-6-2/h7-12,15-16,20,27,31-32H,5-6,13-14H2,1-4H3/t16-,20+,27-/m0/s1. The number of esters is 1. The molecule has 7 heteroatoms. The molecule has 2 aromatic carbocycles. The summed E-state index contributed by atoms with van der Waals surface area (Å²) in [6.45, 7) is 7.84. The van der Waals surface area contributed by atoms with E-state index in [4.69, 9.17) is 21.1 Å². The lowest BCUT2D eigenvalue weighted by Crippen LogP contribution is -2.36. The highest BCUT2D eigenvalue weighted by Gasteiger charge is 2.42. The average molecular weight is 510 g/mol. The third-order valence-electron chi connectivity index (χ3n) is 6.89. The van der Waals surface area contributed by atoms with E-state index < -0.39 is 11.9 Å². The lowest BCUT2D eigenvalue weighted by molar-refractivity contribution is -0.144. The van der Waals surface area contributed by atoms with E-state index in [0.717, 1.165) is 11.3 Å². The Morgan fingerprint density at radius 2 is 1.83 bits per heavy atom. The van der Waals surface area contributed by atoms with Crippen molar-refractivity contribution in [1.82, 2.24) is 5.32 Å². The fraction of sp³-hybridized carbons (Fsp3) is 0.379. The van der Waals surface area contributed by atoms with Gasteiger partial charge in [0.2, 0.25) is 0 Å². The number of aromatic hydroxyl groups is 1. The second-order valence-electron chi connectivity index (χ2n) is 9.35. The van der Waals surface area contributed by atoms with Gasteiger partial charge in [0, 0.05) is 34.3 Å².